The Hall–Kier alpha value is -2.74. The average Bonchev–Trinajstić information content (AvgIpc) is 3.11. The zero-order chi connectivity index (χ0) is 22.6. The smallest absolute Gasteiger partial charge is 0.314 e. The van der Waals surface area contributed by atoms with Crippen LogP contribution in [0, 0.1) is 11.8 Å². The van der Waals surface area contributed by atoms with Gasteiger partial charge in [-0.05, 0) is 31.9 Å². The molecule has 3 N–H and O–H groups in total. The number of benzene rings is 2. The predicted molar refractivity (Wildman–Crippen MR) is 116 cm³/mol. The number of rotatable bonds is 7. The molecular formula is C24H30N2O5. The van der Waals surface area contributed by atoms with Gasteiger partial charge in [-0.1, -0.05) is 60.7 Å². The van der Waals surface area contributed by atoms with Crippen molar-refractivity contribution in [2.45, 2.75) is 45.1 Å². The Morgan fingerprint density at radius 1 is 1.13 bits per heavy atom. The van der Waals surface area contributed by atoms with Crippen molar-refractivity contribution in [1.82, 2.24) is 5.06 Å². The van der Waals surface area contributed by atoms with Gasteiger partial charge in [0.05, 0.1) is 0 Å². The Kier molecular flexibility index (Phi) is 7.10. The third kappa shape index (κ3) is 5.91. The van der Waals surface area contributed by atoms with Gasteiger partial charge in [-0.2, -0.15) is 5.06 Å². The van der Waals surface area contributed by atoms with Crippen LogP contribution in [0.25, 0.3) is 0 Å². The minimum absolute atomic E-state index is 0.149. The largest absolute Gasteiger partial charge is 0.481 e. The quantitative estimate of drug-likeness (QED) is 0.656. The second kappa shape index (κ2) is 9.60. The van der Waals surface area contributed by atoms with Crippen LogP contribution in [0.1, 0.15) is 37.9 Å². The normalized spacial score (nSPS) is 21.4. The molecule has 4 unspecified atom stereocenters. The molecule has 1 aliphatic rings. The van der Waals surface area contributed by atoms with E-state index in [0.29, 0.717) is 12.1 Å². The molecule has 2 aromatic rings. The minimum atomic E-state index is -1.03. The first-order valence-corrected chi connectivity index (χ1v) is 10.4. The lowest BCUT2D eigenvalue weighted by molar-refractivity contribution is -0.192. The highest BCUT2D eigenvalue weighted by Gasteiger charge is 2.49. The molecule has 4 atom stereocenters. The van der Waals surface area contributed by atoms with Crippen molar-refractivity contribution in [3.8, 4) is 0 Å². The average molecular weight is 427 g/mol. The fourth-order valence-corrected chi connectivity index (χ4v) is 3.77. The Morgan fingerprint density at radius 3 is 2.26 bits per heavy atom. The molecule has 7 nitrogen and oxygen atoms in total. The summed E-state index contributed by atoms with van der Waals surface area (Å²) >= 11 is 0. The van der Waals surface area contributed by atoms with E-state index in [1.54, 1.807) is 25.8 Å². The number of carbonyl (C=O) groups excluding carboxylic acids is 1. The van der Waals surface area contributed by atoms with Gasteiger partial charge in [0.1, 0.15) is 23.5 Å². The van der Waals surface area contributed by atoms with Gasteiger partial charge in [0.25, 0.3) is 0 Å². The van der Waals surface area contributed by atoms with Crippen molar-refractivity contribution >= 4 is 11.9 Å². The van der Waals surface area contributed by atoms with E-state index >= 15 is 0 Å². The van der Waals surface area contributed by atoms with Gasteiger partial charge in [-0.3, -0.25) is 14.4 Å². The van der Waals surface area contributed by atoms with Crippen molar-refractivity contribution < 1.29 is 24.3 Å². The van der Waals surface area contributed by atoms with E-state index in [4.69, 9.17) is 15.3 Å². The summed E-state index contributed by atoms with van der Waals surface area (Å²) in [7, 11) is 0. The van der Waals surface area contributed by atoms with E-state index < -0.39 is 41.5 Å². The molecule has 31 heavy (non-hydrogen) atoms. The molecule has 1 aliphatic heterocycles. The summed E-state index contributed by atoms with van der Waals surface area (Å²) in [6, 6.07) is 18.0. The molecule has 0 spiro atoms. The highest BCUT2D eigenvalue weighted by atomic mass is 16.7. The molecule has 0 radical (unpaired) electrons. The van der Waals surface area contributed by atoms with Crippen LogP contribution in [0.3, 0.4) is 0 Å². The third-order valence-electron chi connectivity index (χ3n) is 5.19. The summed E-state index contributed by atoms with van der Waals surface area (Å²) in [6.07, 6.45) is -0.953. The number of aliphatic carboxylic acids is 1. The highest BCUT2D eigenvalue weighted by Crippen LogP contribution is 2.36. The molecule has 0 bridgehead atoms. The molecule has 166 valence electrons. The first-order valence-electron chi connectivity index (χ1n) is 10.4. The summed E-state index contributed by atoms with van der Waals surface area (Å²) < 4.78 is 5.63. The van der Waals surface area contributed by atoms with E-state index in [1.807, 2.05) is 60.7 Å². The molecular weight excluding hydrogens is 396 g/mol. The topological polar surface area (TPSA) is 102 Å². The van der Waals surface area contributed by atoms with Gasteiger partial charge < -0.3 is 15.6 Å². The van der Waals surface area contributed by atoms with Crippen LogP contribution in [0.15, 0.2) is 60.7 Å². The van der Waals surface area contributed by atoms with E-state index in [1.165, 1.54) is 0 Å². The zero-order valence-electron chi connectivity index (χ0n) is 18.1. The maximum absolute atomic E-state index is 13.2. The van der Waals surface area contributed by atoms with Crippen molar-refractivity contribution in [1.29, 1.82) is 0 Å². The molecule has 0 amide bonds. The van der Waals surface area contributed by atoms with Crippen LogP contribution >= 0.6 is 0 Å². The predicted octanol–water partition coefficient (Wildman–Crippen LogP) is 3.16. The van der Waals surface area contributed by atoms with Crippen molar-refractivity contribution in [2.75, 3.05) is 6.54 Å². The van der Waals surface area contributed by atoms with Gasteiger partial charge in [-0.15, -0.1) is 0 Å². The summed E-state index contributed by atoms with van der Waals surface area (Å²) in [4.78, 5) is 31.3. The van der Waals surface area contributed by atoms with E-state index in [9.17, 15) is 14.7 Å². The lowest BCUT2D eigenvalue weighted by Crippen LogP contribution is -2.45. The van der Waals surface area contributed by atoms with E-state index in [2.05, 4.69) is 0 Å². The first-order chi connectivity index (χ1) is 14.7. The molecule has 0 aliphatic carbocycles. The molecule has 1 fully saturated rings. The number of carboxylic acid groups (broad SMARTS) is 1. The molecule has 2 aromatic carbocycles. The molecule has 1 heterocycles. The standard InChI is InChI=1S/C24H30N2O5/c1-24(2,3)30-23(29)19(20(25)17-12-8-5-9-13-17)21-18(22(27)28)15-26(31-21)14-16-10-6-4-7-11-16/h4-13,18-21H,14-15,25H2,1-3H3,(H,27,28). The summed E-state index contributed by atoms with van der Waals surface area (Å²) in [6.45, 7) is 5.85. The summed E-state index contributed by atoms with van der Waals surface area (Å²) in [5, 5.41) is 11.5. The lowest BCUT2D eigenvalue weighted by atomic mass is 9.83. The van der Waals surface area contributed by atoms with Gasteiger partial charge in [0, 0.05) is 19.1 Å². The summed E-state index contributed by atoms with van der Waals surface area (Å²) in [5.74, 6) is -3.50. The number of carboxylic acids is 1. The molecule has 0 aromatic heterocycles. The molecule has 3 rings (SSSR count). The van der Waals surface area contributed by atoms with Crippen LogP contribution in [0.2, 0.25) is 0 Å². The second-order valence-electron chi connectivity index (χ2n) is 8.82. The number of nitrogens with zero attached hydrogens (tertiary/aromatic N) is 1. The number of carbonyl (C=O) groups is 2. The first kappa shape index (κ1) is 22.9. The van der Waals surface area contributed by atoms with Crippen LogP contribution < -0.4 is 5.73 Å². The monoisotopic (exact) mass is 426 g/mol. The van der Waals surface area contributed by atoms with Gasteiger partial charge in [0.2, 0.25) is 0 Å². The molecule has 1 saturated heterocycles. The van der Waals surface area contributed by atoms with Gasteiger partial charge >= 0.3 is 11.9 Å². The highest BCUT2D eigenvalue weighted by molar-refractivity contribution is 5.78. The second-order valence-corrected chi connectivity index (χ2v) is 8.82. The Labute approximate surface area is 182 Å². The maximum Gasteiger partial charge on any atom is 0.314 e. The number of hydrogen-bond acceptors (Lipinski definition) is 6. The SMILES string of the molecule is CC(C)(C)OC(=O)C(C(N)c1ccccc1)C1ON(Cc2ccccc2)CC1C(=O)O. The minimum Gasteiger partial charge on any atom is -0.481 e. The summed E-state index contributed by atoms with van der Waals surface area (Å²) in [5.41, 5.74) is 7.46. The van der Waals surface area contributed by atoms with Gasteiger partial charge in [-0.25, -0.2) is 0 Å². The number of nitrogens with two attached hydrogens (primary N) is 1. The Balaban J connectivity index is 1.91. The number of esters is 1. The van der Waals surface area contributed by atoms with Crippen molar-refractivity contribution in [3.05, 3.63) is 71.8 Å². The Bertz CT molecular complexity index is 882. The Morgan fingerprint density at radius 2 is 1.71 bits per heavy atom. The fourth-order valence-electron chi connectivity index (χ4n) is 3.77. The van der Waals surface area contributed by atoms with E-state index in [-0.39, 0.29) is 6.54 Å². The molecule has 7 heteroatoms. The molecule has 0 saturated carbocycles. The van der Waals surface area contributed by atoms with E-state index in [0.717, 1.165) is 5.56 Å². The van der Waals surface area contributed by atoms with Crippen molar-refractivity contribution in [3.63, 3.8) is 0 Å². The maximum atomic E-state index is 13.2. The van der Waals surface area contributed by atoms with Crippen LogP contribution in [-0.2, 0) is 25.7 Å². The third-order valence-corrected chi connectivity index (χ3v) is 5.19. The number of hydrogen-bond donors (Lipinski definition) is 2. The van der Waals surface area contributed by atoms with Crippen LogP contribution in [-0.4, -0.2) is 40.4 Å². The zero-order valence-corrected chi connectivity index (χ0v) is 18.1. The van der Waals surface area contributed by atoms with Crippen LogP contribution in [0.4, 0.5) is 0 Å². The lowest BCUT2D eigenvalue weighted by Gasteiger charge is -2.32. The van der Waals surface area contributed by atoms with Crippen LogP contribution in [0.5, 0.6) is 0 Å². The number of hydroxylamine groups is 2. The van der Waals surface area contributed by atoms with Crippen molar-refractivity contribution in [2.24, 2.45) is 17.6 Å². The fraction of sp³-hybridized carbons (Fsp3) is 0.417. The number of ether oxygens (including phenoxy) is 1. The van der Waals surface area contributed by atoms with Gasteiger partial charge in [0.15, 0.2) is 0 Å².